The van der Waals surface area contributed by atoms with Crippen LogP contribution in [0.4, 0.5) is 0 Å². The van der Waals surface area contributed by atoms with E-state index < -0.39 is 0 Å². The zero-order valence-corrected chi connectivity index (χ0v) is 10.6. The molecule has 0 rings (SSSR count). The Morgan fingerprint density at radius 3 is 1.93 bits per heavy atom. The molecule has 0 aromatic heterocycles. The second kappa shape index (κ2) is 5.19. The lowest BCUT2D eigenvalue weighted by molar-refractivity contribution is 0.509. The van der Waals surface area contributed by atoms with Crippen LogP contribution in [0, 0.1) is 5.41 Å². The molecule has 0 radical (unpaired) electrons. The van der Waals surface area contributed by atoms with Gasteiger partial charge in [0.25, 0.3) is 0 Å². The van der Waals surface area contributed by atoms with Crippen LogP contribution in [-0.2, 0) is 0 Å². The van der Waals surface area contributed by atoms with Gasteiger partial charge in [-0.15, -0.1) is 0 Å². The molecule has 0 aliphatic carbocycles. The van der Waals surface area contributed by atoms with Gasteiger partial charge < -0.3 is 0 Å². The van der Waals surface area contributed by atoms with Crippen molar-refractivity contribution in [3.8, 4) is 0 Å². The Kier molecular flexibility index (Phi) is 4.90. The number of allylic oxidation sites excluding steroid dienone is 5. The van der Waals surface area contributed by atoms with Crippen LogP contribution in [0.25, 0.3) is 0 Å². The molecular weight excluding hydrogens is 168 g/mol. The van der Waals surface area contributed by atoms with Crippen LogP contribution >= 0.6 is 0 Å². The first kappa shape index (κ1) is 13.2. The summed E-state index contributed by atoms with van der Waals surface area (Å²) in [4.78, 5) is 0. The van der Waals surface area contributed by atoms with Crippen molar-refractivity contribution >= 4 is 0 Å². The fourth-order valence-corrected chi connectivity index (χ4v) is 1.18. The average Bonchev–Trinajstić information content (AvgIpc) is 2.03. The number of hydrogen-bond acceptors (Lipinski definition) is 0. The first-order chi connectivity index (χ1) is 6.29. The van der Waals surface area contributed by atoms with E-state index in [1.165, 1.54) is 16.7 Å². The van der Waals surface area contributed by atoms with Crippen LogP contribution in [0.5, 0.6) is 0 Å². The van der Waals surface area contributed by atoms with Crippen molar-refractivity contribution in [3.05, 3.63) is 35.5 Å². The van der Waals surface area contributed by atoms with Crippen LogP contribution in [0.1, 0.15) is 48.0 Å². The zero-order valence-electron chi connectivity index (χ0n) is 10.6. The van der Waals surface area contributed by atoms with Gasteiger partial charge in [-0.1, -0.05) is 52.0 Å². The topological polar surface area (TPSA) is 0 Å². The van der Waals surface area contributed by atoms with Gasteiger partial charge in [-0.2, -0.15) is 0 Å². The molecule has 0 bridgehead atoms. The summed E-state index contributed by atoms with van der Waals surface area (Å²) in [5.41, 5.74) is 4.12. The third-order valence-electron chi connectivity index (χ3n) is 2.29. The Labute approximate surface area is 89.4 Å². The molecule has 0 nitrogen and oxygen atoms in total. The molecule has 0 aromatic rings. The maximum absolute atomic E-state index is 4.18. The van der Waals surface area contributed by atoms with Gasteiger partial charge in [-0.3, -0.25) is 0 Å². The SMILES string of the molecule is C=C(/C(=C\C=C(C)C)CC)C(C)(C)C. The van der Waals surface area contributed by atoms with Crippen molar-refractivity contribution in [2.24, 2.45) is 5.41 Å². The number of hydrogen-bond donors (Lipinski definition) is 0. The molecule has 0 aliphatic heterocycles. The van der Waals surface area contributed by atoms with E-state index in [2.05, 4.69) is 60.3 Å². The minimum absolute atomic E-state index is 0.178. The minimum Gasteiger partial charge on any atom is -0.0950 e. The normalized spacial score (nSPS) is 12.6. The average molecular weight is 192 g/mol. The van der Waals surface area contributed by atoms with Gasteiger partial charge in [-0.25, -0.2) is 0 Å². The van der Waals surface area contributed by atoms with Gasteiger partial charge in [0.1, 0.15) is 0 Å². The predicted molar refractivity (Wildman–Crippen MR) is 66.4 cm³/mol. The Balaban J connectivity index is 4.84. The van der Waals surface area contributed by atoms with Gasteiger partial charge in [-0.05, 0) is 36.8 Å². The first-order valence-corrected chi connectivity index (χ1v) is 5.32. The van der Waals surface area contributed by atoms with Crippen LogP contribution in [0.15, 0.2) is 35.5 Å². The molecule has 0 N–H and O–H groups in total. The maximum Gasteiger partial charge on any atom is -0.0135 e. The Hall–Kier alpha value is -0.780. The molecule has 0 spiro atoms. The smallest absolute Gasteiger partial charge is 0.0135 e. The van der Waals surface area contributed by atoms with Crippen LogP contribution in [0.2, 0.25) is 0 Å². The highest BCUT2D eigenvalue weighted by Crippen LogP contribution is 2.31. The molecule has 0 heteroatoms. The first-order valence-electron chi connectivity index (χ1n) is 5.32. The monoisotopic (exact) mass is 192 g/mol. The molecule has 0 unspecified atom stereocenters. The Morgan fingerprint density at radius 2 is 1.64 bits per heavy atom. The van der Waals surface area contributed by atoms with Gasteiger partial charge in [0.05, 0.1) is 0 Å². The molecule has 0 saturated carbocycles. The highest BCUT2D eigenvalue weighted by molar-refractivity contribution is 5.35. The van der Waals surface area contributed by atoms with Gasteiger partial charge in [0.15, 0.2) is 0 Å². The molecule has 14 heavy (non-hydrogen) atoms. The highest BCUT2D eigenvalue weighted by Gasteiger charge is 2.16. The summed E-state index contributed by atoms with van der Waals surface area (Å²) in [6.45, 7) is 17.2. The molecule has 0 fully saturated rings. The lowest BCUT2D eigenvalue weighted by atomic mass is 9.82. The van der Waals surface area contributed by atoms with Crippen LogP contribution < -0.4 is 0 Å². The summed E-state index contributed by atoms with van der Waals surface area (Å²) >= 11 is 0. The number of rotatable bonds is 3. The highest BCUT2D eigenvalue weighted by atomic mass is 14.2. The molecular formula is C14H24. The van der Waals surface area contributed by atoms with Gasteiger partial charge in [0.2, 0.25) is 0 Å². The summed E-state index contributed by atoms with van der Waals surface area (Å²) in [6, 6.07) is 0. The van der Waals surface area contributed by atoms with E-state index in [4.69, 9.17) is 0 Å². The van der Waals surface area contributed by atoms with E-state index >= 15 is 0 Å². The molecule has 0 aliphatic rings. The van der Waals surface area contributed by atoms with E-state index in [0.717, 1.165) is 6.42 Å². The summed E-state index contributed by atoms with van der Waals surface area (Å²) in [6.07, 6.45) is 5.42. The van der Waals surface area contributed by atoms with E-state index in [-0.39, 0.29) is 5.41 Å². The van der Waals surface area contributed by atoms with E-state index in [9.17, 15) is 0 Å². The fraction of sp³-hybridized carbons (Fsp3) is 0.571. The van der Waals surface area contributed by atoms with Crippen LogP contribution in [-0.4, -0.2) is 0 Å². The standard InChI is InChI=1S/C14H24/c1-8-13(10-9-11(2)3)12(4)14(5,6)7/h9-10H,4,8H2,1-3,5-7H3/b13-10-. The summed E-state index contributed by atoms with van der Waals surface area (Å²) in [5.74, 6) is 0. The summed E-state index contributed by atoms with van der Waals surface area (Å²) < 4.78 is 0. The second-order valence-corrected chi connectivity index (χ2v) is 5.02. The molecule has 0 atom stereocenters. The Bertz CT molecular complexity index is 252. The summed E-state index contributed by atoms with van der Waals surface area (Å²) in [5, 5.41) is 0. The van der Waals surface area contributed by atoms with E-state index in [1.807, 2.05) is 0 Å². The quantitative estimate of drug-likeness (QED) is 0.558. The zero-order chi connectivity index (χ0) is 11.4. The molecule has 0 saturated heterocycles. The van der Waals surface area contributed by atoms with E-state index in [1.54, 1.807) is 0 Å². The largest absolute Gasteiger partial charge is 0.0950 e. The fourth-order valence-electron chi connectivity index (χ4n) is 1.18. The maximum atomic E-state index is 4.18. The van der Waals surface area contributed by atoms with Crippen molar-refractivity contribution in [2.45, 2.75) is 48.0 Å². The second-order valence-electron chi connectivity index (χ2n) is 5.02. The molecule has 80 valence electrons. The minimum atomic E-state index is 0.178. The van der Waals surface area contributed by atoms with Crippen molar-refractivity contribution in [2.75, 3.05) is 0 Å². The van der Waals surface area contributed by atoms with Crippen molar-refractivity contribution in [1.29, 1.82) is 0 Å². The Morgan fingerprint density at radius 1 is 1.14 bits per heavy atom. The third-order valence-corrected chi connectivity index (χ3v) is 2.29. The van der Waals surface area contributed by atoms with E-state index in [0.29, 0.717) is 0 Å². The molecule has 0 amide bonds. The van der Waals surface area contributed by atoms with Gasteiger partial charge in [0, 0.05) is 0 Å². The van der Waals surface area contributed by atoms with Crippen molar-refractivity contribution in [1.82, 2.24) is 0 Å². The predicted octanol–water partition coefficient (Wildman–Crippen LogP) is 4.89. The molecule has 0 heterocycles. The lowest BCUT2D eigenvalue weighted by Gasteiger charge is -2.23. The van der Waals surface area contributed by atoms with Crippen molar-refractivity contribution < 1.29 is 0 Å². The lowest BCUT2D eigenvalue weighted by Crippen LogP contribution is -2.10. The van der Waals surface area contributed by atoms with Crippen molar-refractivity contribution in [3.63, 3.8) is 0 Å². The third kappa shape index (κ3) is 4.45. The summed E-state index contributed by atoms with van der Waals surface area (Å²) in [7, 11) is 0. The molecule has 0 aromatic carbocycles. The van der Waals surface area contributed by atoms with Gasteiger partial charge >= 0.3 is 0 Å². The van der Waals surface area contributed by atoms with Crippen LogP contribution in [0.3, 0.4) is 0 Å².